The normalized spacial score (nSPS) is 21.9. The number of hydrogen-bond acceptors (Lipinski definition) is 5. The molecule has 0 unspecified atom stereocenters. The maximum absolute atomic E-state index is 13.3. The molecule has 0 bridgehead atoms. The smallest absolute Gasteiger partial charge is 0.280 e. The van der Waals surface area contributed by atoms with Gasteiger partial charge in [-0.25, -0.2) is 9.37 Å². The number of nitrogens with one attached hydrogen (secondary N) is 2. The molecular weight excluding hydrogens is 439 g/mol. The number of anilines is 1. The number of likely N-dealkylation sites (N-methyl/N-ethyl adjacent to an activating group) is 1. The summed E-state index contributed by atoms with van der Waals surface area (Å²) >= 11 is 7.24. The summed E-state index contributed by atoms with van der Waals surface area (Å²) in [6.07, 6.45) is 0.214. The number of carbonyl (C=O) groups excluding carboxylic acids is 1. The summed E-state index contributed by atoms with van der Waals surface area (Å²) < 4.78 is 43.1. The van der Waals surface area contributed by atoms with Crippen molar-refractivity contribution in [1.82, 2.24) is 14.0 Å². The second-order valence-corrected chi connectivity index (χ2v) is 9.70. The molecule has 3 aromatic rings. The lowest BCUT2D eigenvalue weighted by atomic mass is 9.99. The maximum atomic E-state index is 13.3. The third-order valence-electron chi connectivity index (χ3n) is 4.81. The average Bonchev–Trinajstić information content (AvgIpc) is 3.14. The lowest BCUT2D eigenvalue weighted by Crippen LogP contribution is -2.55. The van der Waals surface area contributed by atoms with Crippen molar-refractivity contribution in [3.05, 3.63) is 58.3 Å². The van der Waals surface area contributed by atoms with Crippen molar-refractivity contribution in [3.63, 3.8) is 0 Å². The molecule has 29 heavy (non-hydrogen) atoms. The molecule has 0 radical (unpaired) electrons. The molecule has 1 aromatic heterocycles. The van der Waals surface area contributed by atoms with Crippen LogP contribution in [0.1, 0.15) is 18.0 Å². The van der Waals surface area contributed by atoms with Gasteiger partial charge in [-0.1, -0.05) is 17.7 Å². The van der Waals surface area contributed by atoms with Gasteiger partial charge in [-0.15, -0.1) is 11.3 Å². The Labute approximate surface area is 175 Å². The van der Waals surface area contributed by atoms with Crippen molar-refractivity contribution in [3.8, 4) is 0 Å². The van der Waals surface area contributed by atoms with Gasteiger partial charge in [-0.05, 0) is 42.3 Å². The SMILES string of the molecule is CN1[C@H](C(=O)Nc2ccc(F)c(Cl)c2)C[C@H](c2ccc3scnc3c2)NS1(=O)=O. The fraction of sp³-hybridized carbons (Fsp3) is 0.222. The van der Waals surface area contributed by atoms with E-state index in [1.165, 1.54) is 30.5 Å². The number of rotatable bonds is 3. The molecule has 11 heteroatoms. The summed E-state index contributed by atoms with van der Waals surface area (Å²) in [5, 5.41) is 2.48. The first-order chi connectivity index (χ1) is 13.7. The molecule has 2 N–H and O–H groups in total. The summed E-state index contributed by atoms with van der Waals surface area (Å²) in [5.41, 5.74) is 3.50. The van der Waals surface area contributed by atoms with Gasteiger partial charge in [-0.3, -0.25) is 4.79 Å². The molecule has 1 aliphatic rings. The largest absolute Gasteiger partial charge is 0.325 e. The second kappa shape index (κ2) is 7.62. The zero-order chi connectivity index (χ0) is 20.8. The van der Waals surface area contributed by atoms with Gasteiger partial charge in [-0.2, -0.15) is 17.4 Å². The minimum Gasteiger partial charge on any atom is -0.325 e. The monoisotopic (exact) mass is 454 g/mol. The summed E-state index contributed by atoms with van der Waals surface area (Å²) in [4.78, 5) is 17.1. The fourth-order valence-electron chi connectivity index (χ4n) is 3.22. The average molecular weight is 455 g/mol. The van der Waals surface area contributed by atoms with Crippen molar-refractivity contribution in [2.45, 2.75) is 18.5 Å². The van der Waals surface area contributed by atoms with E-state index < -0.39 is 34.0 Å². The first-order valence-electron chi connectivity index (χ1n) is 8.59. The Morgan fingerprint density at radius 1 is 1.34 bits per heavy atom. The third kappa shape index (κ3) is 3.99. The molecule has 7 nitrogen and oxygen atoms in total. The Morgan fingerprint density at radius 2 is 2.14 bits per heavy atom. The van der Waals surface area contributed by atoms with E-state index in [0.717, 1.165) is 26.2 Å². The van der Waals surface area contributed by atoms with Crippen LogP contribution >= 0.6 is 22.9 Å². The molecule has 1 amide bonds. The van der Waals surface area contributed by atoms with E-state index in [9.17, 15) is 17.6 Å². The van der Waals surface area contributed by atoms with Crippen LogP contribution < -0.4 is 10.0 Å². The minimum atomic E-state index is -3.88. The summed E-state index contributed by atoms with van der Waals surface area (Å²) in [6.45, 7) is 0. The zero-order valence-electron chi connectivity index (χ0n) is 15.1. The number of fused-ring (bicyclic) bond motifs is 1. The highest BCUT2D eigenvalue weighted by Gasteiger charge is 2.40. The van der Waals surface area contributed by atoms with E-state index in [2.05, 4.69) is 15.0 Å². The highest BCUT2D eigenvalue weighted by Crippen LogP contribution is 2.31. The molecule has 4 rings (SSSR count). The van der Waals surface area contributed by atoms with E-state index in [0.29, 0.717) is 0 Å². The predicted octanol–water partition coefficient (Wildman–Crippen LogP) is 3.31. The standard InChI is InChI=1S/C18H16ClFN4O3S2/c1-24-16(18(25)22-11-3-4-13(20)12(19)7-11)8-14(23-29(24,26)27)10-2-5-17-15(6-10)21-9-28-17/h2-7,9,14,16,23H,8H2,1H3,(H,22,25)/t14-,16+/m1/s1. The lowest BCUT2D eigenvalue weighted by molar-refractivity contribution is -0.120. The quantitative estimate of drug-likeness (QED) is 0.635. The summed E-state index contributed by atoms with van der Waals surface area (Å²) in [5.74, 6) is -1.14. The molecule has 1 fully saturated rings. The molecule has 0 aliphatic carbocycles. The molecule has 2 heterocycles. The van der Waals surface area contributed by atoms with Crippen LogP contribution in [0.25, 0.3) is 10.2 Å². The molecule has 1 aliphatic heterocycles. The molecular formula is C18H16ClFN4O3S2. The van der Waals surface area contributed by atoms with Crippen molar-refractivity contribution in [2.75, 3.05) is 12.4 Å². The first kappa shape index (κ1) is 20.2. The van der Waals surface area contributed by atoms with E-state index in [4.69, 9.17) is 11.6 Å². The van der Waals surface area contributed by atoms with E-state index in [1.807, 2.05) is 18.2 Å². The molecule has 0 saturated carbocycles. The Morgan fingerprint density at radius 3 is 2.90 bits per heavy atom. The number of nitrogens with zero attached hydrogens (tertiary/aromatic N) is 2. The van der Waals surface area contributed by atoms with Crippen LogP contribution in [0.2, 0.25) is 5.02 Å². The van der Waals surface area contributed by atoms with Gasteiger partial charge in [0.25, 0.3) is 10.2 Å². The number of aromatic nitrogens is 1. The lowest BCUT2D eigenvalue weighted by Gasteiger charge is -2.36. The van der Waals surface area contributed by atoms with Crippen molar-refractivity contribution in [2.24, 2.45) is 0 Å². The summed E-state index contributed by atoms with van der Waals surface area (Å²) in [7, 11) is -2.54. The Bertz CT molecular complexity index is 1200. The zero-order valence-corrected chi connectivity index (χ0v) is 17.5. The highest BCUT2D eigenvalue weighted by atomic mass is 35.5. The number of benzene rings is 2. The Kier molecular flexibility index (Phi) is 5.30. The van der Waals surface area contributed by atoms with Gasteiger partial charge in [0.2, 0.25) is 5.91 Å². The molecule has 2 atom stereocenters. The van der Waals surface area contributed by atoms with Gasteiger partial charge < -0.3 is 5.32 Å². The highest BCUT2D eigenvalue weighted by molar-refractivity contribution is 7.87. The van der Waals surface area contributed by atoms with Crippen molar-refractivity contribution in [1.29, 1.82) is 0 Å². The van der Waals surface area contributed by atoms with Crippen LogP contribution in [0.4, 0.5) is 10.1 Å². The van der Waals surface area contributed by atoms with Crippen LogP contribution in [-0.2, 0) is 15.0 Å². The van der Waals surface area contributed by atoms with E-state index in [-0.39, 0.29) is 17.1 Å². The minimum absolute atomic E-state index is 0.136. The van der Waals surface area contributed by atoms with Crippen LogP contribution in [0.5, 0.6) is 0 Å². The van der Waals surface area contributed by atoms with Gasteiger partial charge in [0.1, 0.15) is 11.9 Å². The van der Waals surface area contributed by atoms with Gasteiger partial charge in [0, 0.05) is 18.8 Å². The molecule has 2 aromatic carbocycles. The van der Waals surface area contributed by atoms with Crippen LogP contribution in [0.15, 0.2) is 41.9 Å². The topological polar surface area (TPSA) is 91.4 Å². The summed E-state index contributed by atoms with van der Waals surface area (Å²) in [6, 6.07) is 7.75. The van der Waals surface area contributed by atoms with Gasteiger partial charge in [0.15, 0.2) is 0 Å². The second-order valence-electron chi connectivity index (χ2n) is 6.64. The van der Waals surface area contributed by atoms with E-state index in [1.54, 1.807) is 5.51 Å². The number of hydrogen-bond donors (Lipinski definition) is 2. The van der Waals surface area contributed by atoms with Crippen molar-refractivity contribution >= 4 is 55.0 Å². The molecule has 152 valence electrons. The number of amides is 1. The van der Waals surface area contributed by atoms with Crippen LogP contribution in [0.3, 0.4) is 0 Å². The third-order valence-corrected chi connectivity index (χ3v) is 7.51. The first-order valence-corrected chi connectivity index (χ1v) is 11.3. The Hall–Kier alpha value is -2.11. The molecule has 0 spiro atoms. The number of halogens is 2. The van der Waals surface area contributed by atoms with Crippen LogP contribution in [-0.4, -0.2) is 36.7 Å². The molecule has 1 saturated heterocycles. The maximum Gasteiger partial charge on any atom is 0.280 e. The fourth-order valence-corrected chi connectivity index (χ4v) is 5.33. The van der Waals surface area contributed by atoms with Crippen LogP contribution in [0, 0.1) is 5.82 Å². The predicted molar refractivity (Wildman–Crippen MR) is 111 cm³/mol. The van der Waals surface area contributed by atoms with Gasteiger partial charge >= 0.3 is 0 Å². The van der Waals surface area contributed by atoms with Crippen molar-refractivity contribution < 1.29 is 17.6 Å². The van der Waals surface area contributed by atoms with Gasteiger partial charge in [0.05, 0.1) is 20.7 Å². The number of thiazole rings is 1. The number of carbonyl (C=O) groups is 1. The Balaban J connectivity index is 1.61. The van der Waals surface area contributed by atoms with E-state index >= 15 is 0 Å².